The molecule has 106 valence electrons. The zero-order valence-corrected chi connectivity index (χ0v) is 12.1. The maximum atomic E-state index is 13.9. The number of aliphatic hydroxyl groups excluding tert-OH is 1. The predicted molar refractivity (Wildman–Crippen MR) is 70.1 cm³/mol. The molecule has 3 atom stereocenters. The smallest absolute Gasteiger partial charge is 0.330 e. The summed E-state index contributed by atoms with van der Waals surface area (Å²) in [6.07, 6.45) is -4.39. The monoisotopic (exact) mass is 408 g/mol. The van der Waals surface area contributed by atoms with Gasteiger partial charge in [0, 0.05) is 10.6 Å². The second-order valence-electron chi connectivity index (χ2n) is 3.94. The SMILES string of the molecule is O=c1[nH]c(=O)n([C@@H]2O[C@H](CI)[C@@H](O)C2(F)F)cc1Cl. The Kier molecular flexibility index (Phi) is 4.00. The Balaban J connectivity index is 2.51. The summed E-state index contributed by atoms with van der Waals surface area (Å²) in [5, 5.41) is 9.04. The van der Waals surface area contributed by atoms with E-state index >= 15 is 0 Å². The van der Waals surface area contributed by atoms with Gasteiger partial charge < -0.3 is 9.84 Å². The highest BCUT2D eigenvalue weighted by Gasteiger charge is 2.59. The molecule has 0 bridgehead atoms. The Bertz CT molecular complexity index is 605. The Morgan fingerprint density at radius 3 is 2.74 bits per heavy atom. The number of H-pyrrole nitrogens is 1. The Labute approximate surface area is 123 Å². The molecule has 1 saturated heterocycles. The molecule has 0 unspecified atom stereocenters. The number of nitrogens with zero attached hydrogens (tertiary/aromatic N) is 1. The van der Waals surface area contributed by atoms with E-state index in [2.05, 4.69) is 0 Å². The molecule has 0 amide bonds. The zero-order valence-electron chi connectivity index (χ0n) is 9.15. The van der Waals surface area contributed by atoms with E-state index in [0.29, 0.717) is 4.57 Å². The van der Waals surface area contributed by atoms with Crippen LogP contribution < -0.4 is 11.2 Å². The molecule has 1 aliphatic rings. The van der Waals surface area contributed by atoms with Crippen molar-refractivity contribution >= 4 is 34.2 Å². The summed E-state index contributed by atoms with van der Waals surface area (Å²) in [5.41, 5.74) is -1.96. The molecule has 0 spiro atoms. The predicted octanol–water partition coefficient (Wildman–Crippen LogP) is 0.519. The fourth-order valence-corrected chi connectivity index (χ4v) is 2.57. The molecule has 1 aromatic heterocycles. The summed E-state index contributed by atoms with van der Waals surface area (Å²) < 4.78 is 33.3. The van der Waals surface area contributed by atoms with E-state index in [1.807, 2.05) is 0 Å². The number of hydrogen-bond donors (Lipinski definition) is 2. The van der Waals surface area contributed by atoms with Crippen LogP contribution in [0.1, 0.15) is 6.23 Å². The Hall–Kier alpha value is -0.520. The van der Waals surface area contributed by atoms with Crippen LogP contribution >= 0.6 is 34.2 Å². The molecule has 1 aliphatic heterocycles. The van der Waals surface area contributed by atoms with Gasteiger partial charge in [0.25, 0.3) is 5.56 Å². The number of ether oxygens (including phenoxy) is 1. The van der Waals surface area contributed by atoms with Gasteiger partial charge in [-0.25, -0.2) is 4.79 Å². The number of aliphatic hydroxyl groups is 1. The van der Waals surface area contributed by atoms with Gasteiger partial charge in [-0.3, -0.25) is 14.3 Å². The van der Waals surface area contributed by atoms with E-state index in [1.54, 1.807) is 27.6 Å². The lowest BCUT2D eigenvalue weighted by Crippen LogP contribution is -2.42. The summed E-state index contributed by atoms with van der Waals surface area (Å²) in [6, 6.07) is 0. The van der Waals surface area contributed by atoms with Gasteiger partial charge in [0.05, 0.1) is 0 Å². The number of alkyl halides is 3. The number of nitrogens with one attached hydrogen (secondary N) is 1. The lowest BCUT2D eigenvalue weighted by Gasteiger charge is -2.21. The Morgan fingerprint density at radius 1 is 1.58 bits per heavy atom. The normalized spacial score (nSPS) is 29.6. The average Bonchev–Trinajstić information content (AvgIpc) is 2.56. The first-order valence-electron chi connectivity index (χ1n) is 5.07. The topological polar surface area (TPSA) is 84.3 Å². The molecule has 2 N–H and O–H groups in total. The number of hydrogen-bond acceptors (Lipinski definition) is 4. The molecular weight excluding hydrogens is 400 g/mol. The van der Waals surface area contributed by atoms with E-state index in [9.17, 15) is 23.5 Å². The van der Waals surface area contributed by atoms with Crippen molar-refractivity contribution in [1.82, 2.24) is 9.55 Å². The molecule has 2 heterocycles. The van der Waals surface area contributed by atoms with Crippen molar-refractivity contribution in [3.05, 3.63) is 32.1 Å². The first-order chi connectivity index (χ1) is 8.78. The van der Waals surface area contributed by atoms with Crippen LogP contribution in [0, 0.1) is 0 Å². The zero-order chi connectivity index (χ0) is 14.4. The highest BCUT2D eigenvalue weighted by Crippen LogP contribution is 2.42. The molecule has 6 nitrogen and oxygen atoms in total. The van der Waals surface area contributed by atoms with Crippen LogP contribution in [-0.4, -0.2) is 37.2 Å². The minimum Gasteiger partial charge on any atom is -0.384 e. The van der Waals surface area contributed by atoms with Gasteiger partial charge in [-0.2, -0.15) is 8.78 Å². The highest BCUT2D eigenvalue weighted by atomic mass is 127. The van der Waals surface area contributed by atoms with Gasteiger partial charge in [0.1, 0.15) is 17.2 Å². The van der Waals surface area contributed by atoms with Gasteiger partial charge in [0.15, 0.2) is 0 Å². The summed E-state index contributed by atoms with van der Waals surface area (Å²) in [5.74, 6) is -3.67. The maximum absolute atomic E-state index is 13.9. The first kappa shape index (κ1) is 14.9. The number of aromatic amines is 1. The van der Waals surface area contributed by atoms with Crippen LogP contribution in [-0.2, 0) is 4.74 Å². The second kappa shape index (κ2) is 5.11. The molecule has 0 aromatic carbocycles. The molecule has 2 rings (SSSR count). The van der Waals surface area contributed by atoms with Crippen LogP contribution in [0.4, 0.5) is 8.78 Å². The van der Waals surface area contributed by atoms with E-state index < -0.39 is 40.6 Å². The molecule has 1 fully saturated rings. The third kappa shape index (κ3) is 2.43. The van der Waals surface area contributed by atoms with Crippen molar-refractivity contribution in [2.45, 2.75) is 24.4 Å². The summed E-state index contributed by atoms with van der Waals surface area (Å²) in [6.45, 7) is 0. The standard InChI is InChI=1S/C9H8ClF2IN2O4/c10-3-2-15(8(18)14-6(3)17)7-9(11,12)5(16)4(1-13)19-7/h2,4-5,7,16H,1H2,(H,14,17,18)/t4-,5-,7-/m1/s1. The van der Waals surface area contributed by atoms with Crippen LogP contribution in [0.15, 0.2) is 15.8 Å². The fraction of sp³-hybridized carbons (Fsp3) is 0.556. The van der Waals surface area contributed by atoms with Crippen molar-refractivity contribution in [2.75, 3.05) is 4.43 Å². The van der Waals surface area contributed by atoms with Crippen LogP contribution in [0.3, 0.4) is 0 Å². The van der Waals surface area contributed by atoms with Crippen molar-refractivity contribution in [3.63, 3.8) is 0 Å². The molecule has 10 heteroatoms. The second-order valence-corrected chi connectivity index (χ2v) is 5.23. The summed E-state index contributed by atoms with van der Waals surface area (Å²) in [4.78, 5) is 24.4. The maximum Gasteiger partial charge on any atom is 0.330 e. The number of rotatable bonds is 2. The minimum atomic E-state index is -3.67. The van der Waals surface area contributed by atoms with Gasteiger partial charge in [-0.05, 0) is 0 Å². The first-order valence-corrected chi connectivity index (χ1v) is 6.97. The molecular formula is C9H8ClF2IN2O4. The van der Waals surface area contributed by atoms with E-state index in [-0.39, 0.29) is 4.43 Å². The van der Waals surface area contributed by atoms with Crippen molar-refractivity contribution in [2.24, 2.45) is 0 Å². The molecule has 0 aliphatic carbocycles. The van der Waals surface area contributed by atoms with Crippen LogP contribution in [0.25, 0.3) is 0 Å². The number of halogens is 4. The lowest BCUT2D eigenvalue weighted by molar-refractivity contribution is -0.140. The molecule has 19 heavy (non-hydrogen) atoms. The van der Waals surface area contributed by atoms with Gasteiger partial charge in [-0.1, -0.05) is 34.2 Å². The van der Waals surface area contributed by atoms with Gasteiger partial charge in [-0.15, -0.1) is 0 Å². The summed E-state index contributed by atoms with van der Waals surface area (Å²) >= 11 is 7.28. The van der Waals surface area contributed by atoms with Crippen molar-refractivity contribution in [1.29, 1.82) is 0 Å². The van der Waals surface area contributed by atoms with E-state index in [0.717, 1.165) is 6.20 Å². The van der Waals surface area contributed by atoms with Crippen molar-refractivity contribution < 1.29 is 18.6 Å². The minimum absolute atomic E-state index is 0.122. The average molecular weight is 409 g/mol. The highest BCUT2D eigenvalue weighted by molar-refractivity contribution is 14.1. The summed E-state index contributed by atoms with van der Waals surface area (Å²) in [7, 11) is 0. The molecule has 1 aromatic rings. The van der Waals surface area contributed by atoms with Gasteiger partial charge in [0.2, 0.25) is 6.23 Å². The van der Waals surface area contributed by atoms with E-state index in [1.165, 1.54) is 0 Å². The van der Waals surface area contributed by atoms with Crippen molar-refractivity contribution in [3.8, 4) is 0 Å². The molecule has 0 radical (unpaired) electrons. The third-order valence-corrected chi connectivity index (χ3v) is 3.85. The lowest BCUT2D eigenvalue weighted by atomic mass is 10.1. The third-order valence-electron chi connectivity index (χ3n) is 2.71. The fourth-order valence-electron chi connectivity index (χ4n) is 1.73. The van der Waals surface area contributed by atoms with Gasteiger partial charge >= 0.3 is 11.6 Å². The van der Waals surface area contributed by atoms with Crippen LogP contribution in [0.2, 0.25) is 5.02 Å². The van der Waals surface area contributed by atoms with E-state index in [4.69, 9.17) is 16.3 Å². The quantitative estimate of drug-likeness (QED) is 0.552. The van der Waals surface area contributed by atoms with Crippen LogP contribution in [0.5, 0.6) is 0 Å². The number of aromatic nitrogens is 2. The molecule has 0 saturated carbocycles. The Morgan fingerprint density at radius 2 is 2.21 bits per heavy atom. The largest absolute Gasteiger partial charge is 0.384 e.